The highest BCUT2D eigenvalue weighted by Gasteiger charge is 2.25. The molecule has 0 radical (unpaired) electrons. The zero-order valence-corrected chi connectivity index (χ0v) is 14.6. The number of anilines is 2. The first kappa shape index (κ1) is 16.6. The Hall–Kier alpha value is -2.29. The summed E-state index contributed by atoms with van der Waals surface area (Å²) >= 11 is 0. The number of para-hydroxylation sites is 1. The van der Waals surface area contributed by atoms with Gasteiger partial charge in [-0.05, 0) is 49.9 Å². The largest absolute Gasteiger partial charge is 0.371 e. The SMILES string of the molecule is CCc1ccccc1NC(=O)C1CCN(c2ccc(C)cc2)CC1. The standard InChI is InChI=1S/C21H26N2O/c1-3-17-6-4-5-7-20(17)22-21(24)18-12-14-23(15-13-18)19-10-8-16(2)9-11-19/h4-11,18H,3,12-15H2,1-2H3,(H,22,24). The Labute approximate surface area is 144 Å². The summed E-state index contributed by atoms with van der Waals surface area (Å²) in [7, 11) is 0. The van der Waals surface area contributed by atoms with Crippen LogP contribution < -0.4 is 10.2 Å². The van der Waals surface area contributed by atoms with E-state index in [1.807, 2.05) is 18.2 Å². The molecule has 0 atom stereocenters. The molecule has 0 bridgehead atoms. The van der Waals surface area contributed by atoms with Crippen molar-refractivity contribution in [2.45, 2.75) is 33.1 Å². The Morgan fingerprint density at radius 3 is 2.42 bits per heavy atom. The second-order valence-corrected chi connectivity index (χ2v) is 6.60. The van der Waals surface area contributed by atoms with Crippen molar-refractivity contribution in [2.75, 3.05) is 23.3 Å². The third-order valence-corrected chi connectivity index (χ3v) is 4.92. The number of carbonyl (C=O) groups is 1. The minimum Gasteiger partial charge on any atom is -0.371 e. The maximum absolute atomic E-state index is 12.6. The van der Waals surface area contributed by atoms with Gasteiger partial charge in [-0.2, -0.15) is 0 Å². The third-order valence-electron chi connectivity index (χ3n) is 4.92. The summed E-state index contributed by atoms with van der Waals surface area (Å²) in [6.45, 7) is 6.10. The van der Waals surface area contributed by atoms with E-state index >= 15 is 0 Å². The van der Waals surface area contributed by atoms with E-state index in [0.29, 0.717) is 0 Å². The van der Waals surface area contributed by atoms with Crippen molar-refractivity contribution in [2.24, 2.45) is 5.92 Å². The van der Waals surface area contributed by atoms with Gasteiger partial charge in [-0.25, -0.2) is 0 Å². The van der Waals surface area contributed by atoms with Crippen LogP contribution in [0.2, 0.25) is 0 Å². The molecule has 3 rings (SSSR count). The van der Waals surface area contributed by atoms with E-state index in [-0.39, 0.29) is 11.8 Å². The fraction of sp³-hybridized carbons (Fsp3) is 0.381. The van der Waals surface area contributed by atoms with Crippen LogP contribution in [0.25, 0.3) is 0 Å². The molecule has 0 spiro atoms. The zero-order chi connectivity index (χ0) is 16.9. The van der Waals surface area contributed by atoms with Crippen LogP contribution in [0.4, 0.5) is 11.4 Å². The van der Waals surface area contributed by atoms with E-state index in [1.165, 1.54) is 16.8 Å². The second-order valence-electron chi connectivity index (χ2n) is 6.60. The summed E-state index contributed by atoms with van der Waals surface area (Å²) < 4.78 is 0. The Bertz CT molecular complexity index is 685. The first-order valence-corrected chi connectivity index (χ1v) is 8.87. The van der Waals surface area contributed by atoms with Crippen molar-refractivity contribution in [3.05, 3.63) is 59.7 Å². The predicted octanol–water partition coefficient (Wildman–Crippen LogP) is 4.41. The zero-order valence-electron chi connectivity index (χ0n) is 14.6. The van der Waals surface area contributed by atoms with Gasteiger partial charge in [0.15, 0.2) is 0 Å². The number of benzene rings is 2. The Balaban J connectivity index is 1.58. The lowest BCUT2D eigenvalue weighted by Crippen LogP contribution is -2.38. The van der Waals surface area contributed by atoms with Crippen LogP contribution in [0.1, 0.15) is 30.9 Å². The van der Waals surface area contributed by atoms with E-state index in [1.54, 1.807) is 0 Å². The highest BCUT2D eigenvalue weighted by molar-refractivity contribution is 5.93. The predicted molar refractivity (Wildman–Crippen MR) is 101 cm³/mol. The molecule has 3 heteroatoms. The summed E-state index contributed by atoms with van der Waals surface area (Å²) in [5.41, 5.74) is 4.70. The molecule has 1 heterocycles. The Morgan fingerprint density at radius 1 is 1.08 bits per heavy atom. The fourth-order valence-electron chi connectivity index (χ4n) is 3.34. The Morgan fingerprint density at radius 2 is 1.75 bits per heavy atom. The molecule has 0 aromatic heterocycles. The molecule has 1 aliphatic rings. The molecule has 2 aromatic carbocycles. The number of rotatable bonds is 4. The van der Waals surface area contributed by atoms with Crippen LogP contribution >= 0.6 is 0 Å². The first-order valence-electron chi connectivity index (χ1n) is 8.87. The van der Waals surface area contributed by atoms with Crippen molar-refractivity contribution in [1.29, 1.82) is 0 Å². The lowest BCUT2D eigenvalue weighted by molar-refractivity contribution is -0.120. The molecule has 1 aliphatic heterocycles. The van der Waals surface area contributed by atoms with E-state index in [0.717, 1.165) is 38.0 Å². The first-order chi connectivity index (χ1) is 11.7. The number of carbonyl (C=O) groups excluding carboxylic acids is 1. The maximum atomic E-state index is 12.6. The van der Waals surface area contributed by atoms with Gasteiger partial charge in [-0.15, -0.1) is 0 Å². The summed E-state index contributed by atoms with van der Waals surface area (Å²) in [5, 5.41) is 3.14. The van der Waals surface area contributed by atoms with Crippen molar-refractivity contribution in [3.63, 3.8) is 0 Å². The molecule has 24 heavy (non-hydrogen) atoms. The molecule has 1 N–H and O–H groups in total. The lowest BCUT2D eigenvalue weighted by Gasteiger charge is -2.33. The Kier molecular flexibility index (Phi) is 5.19. The van der Waals surface area contributed by atoms with Gasteiger partial charge in [0.25, 0.3) is 0 Å². The maximum Gasteiger partial charge on any atom is 0.227 e. The number of aryl methyl sites for hydroxylation is 2. The van der Waals surface area contributed by atoms with Gasteiger partial charge in [0.2, 0.25) is 5.91 Å². The van der Waals surface area contributed by atoms with Gasteiger partial charge >= 0.3 is 0 Å². The topological polar surface area (TPSA) is 32.3 Å². The average Bonchev–Trinajstić information content (AvgIpc) is 2.63. The van der Waals surface area contributed by atoms with Gasteiger partial charge in [0.1, 0.15) is 0 Å². The van der Waals surface area contributed by atoms with Crippen LogP contribution in [0, 0.1) is 12.8 Å². The highest BCUT2D eigenvalue weighted by Crippen LogP contribution is 2.25. The number of hydrogen-bond donors (Lipinski definition) is 1. The summed E-state index contributed by atoms with van der Waals surface area (Å²) in [4.78, 5) is 15.0. The minimum absolute atomic E-state index is 0.108. The average molecular weight is 322 g/mol. The number of nitrogens with zero attached hydrogens (tertiary/aromatic N) is 1. The highest BCUT2D eigenvalue weighted by atomic mass is 16.1. The molecule has 1 fully saturated rings. The molecule has 126 valence electrons. The van der Waals surface area contributed by atoms with Gasteiger partial charge in [0, 0.05) is 30.4 Å². The van der Waals surface area contributed by atoms with Crippen molar-refractivity contribution in [3.8, 4) is 0 Å². The number of amides is 1. The van der Waals surface area contributed by atoms with Crippen LogP contribution in [-0.4, -0.2) is 19.0 Å². The van der Waals surface area contributed by atoms with E-state index in [9.17, 15) is 4.79 Å². The molecule has 0 unspecified atom stereocenters. The van der Waals surface area contributed by atoms with E-state index in [2.05, 4.69) is 54.4 Å². The number of nitrogens with one attached hydrogen (secondary N) is 1. The van der Waals surface area contributed by atoms with Gasteiger partial charge < -0.3 is 10.2 Å². The summed E-state index contributed by atoms with van der Waals surface area (Å²) in [5.74, 6) is 0.274. The molecule has 2 aromatic rings. The van der Waals surface area contributed by atoms with Crippen LogP contribution in [0.5, 0.6) is 0 Å². The van der Waals surface area contributed by atoms with Crippen molar-refractivity contribution < 1.29 is 4.79 Å². The summed E-state index contributed by atoms with van der Waals surface area (Å²) in [6, 6.07) is 16.7. The van der Waals surface area contributed by atoms with Crippen LogP contribution in [-0.2, 0) is 11.2 Å². The molecular formula is C21H26N2O. The smallest absolute Gasteiger partial charge is 0.227 e. The van der Waals surface area contributed by atoms with Gasteiger partial charge in [-0.1, -0.05) is 42.8 Å². The molecule has 1 saturated heterocycles. The lowest BCUT2D eigenvalue weighted by atomic mass is 9.95. The van der Waals surface area contributed by atoms with Crippen molar-refractivity contribution in [1.82, 2.24) is 0 Å². The molecule has 0 aliphatic carbocycles. The van der Waals surface area contributed by atoms with E-state index < -0.39 is 0 Å². The van der Waals surface area contributed by atoms with Gasteiger partial charge in [0.05, 0.1) is 0 Å². The van der Waals surface area contributed by atoms with E-state index in [4.69, 9.17) is 0 Å². The minimum atomic E-state index is 0.108. The van der Waals surface area contributed by atoms with Gasteiger partial charge in [-0.3, -0.25) is 4.79 Å². The molecule has 3 nitrogen and oxygen atoms in total. The normalized spacial score (nSPS) is 15.3. The molecular weight excluding hydrogens is 296 g/mol. The monoisotopic (exact) mass is 322 g/mol. The quantitative estimate of drug-likeness (QED) is 0.904. The van der Waals surface area contributed by atoms with Crippen LogP contribution in [0.15, 0.2) is 48.5 Å². The molecule has 1 amide bonds. The summed E-state index contributed by atoms with van der Waals surface area (Å²) in [6.07, 6.45) is 2.75. The van der Waals surface area contributed by atoms with Crippen molar-refractivity contribution >= 4 is 17.3 Å². The second kappa shape index (κ2) is 7.52. The number of hydrogen-bond acceptors (Lipinski definition) is 2. The van der Waals surface area contributed by atoms with Crippen LogP contribution in [0.3, 0.4) is 0 Å². The fourth-order valence-corrected chi connectivity index (χ4v) is 3.34. The third kappa shape index (κ3) is 3.78. The number of piperidine rings is 1. The molecule has 0 saturated carbocycles.